The highest BCUT2D eigenvalue weighted by molar-refractivity contribution is 5.94. The van der Waals surface area contributed by atoms with E-state index in [0.29, 0.717) is 18.7 Å². The van der Waals surface area contributed by atoms with Crippen LogP contribution in [0.4, 0.5) is 5.82 Å². The molecule has 2 amide bonds. The first kappa shape index (κ1) is 19.2. The molecular weight excluding hydrogens is 356 g/mol. The standard InChI is InChI=1S/C21H30N4O3/c1-21(8-11-28-12-9-21)23-18-6-5-16(13-22-18)20(27)25-10-7-17(14-25)24(2)19(26)15-3-4-15/h5-6,13,15,17H,3-4,7-12,14H2,1-2H3,(H,22,23)/t17-/m0/s1. The van der Waals surface area contributed by atoms with Crippen LogP contribution in [-0.4, -0.2) is 71.5 Å². The number of aromatic nitrogens is 1. The fraction of sp³-hybridized carbons (Fsp3) is 0.667. The number of anilines is 1. The summed E-state index contributed by atoms with van der Waals surface area (Å²) in [4.78, 5) is 33.3. The number of amides is 2. The number of carbonyl (C=O) groups excluding carboxylic acids is 2. The van der Waals surface area contributed by atoms with Gasteiger partial charge in [0.15, 0.2) is 0 Å². The van der Waals surface area contributed by atoms with E-state index in [0.717, 1.165) is 51.1 Å². The summed E-state index contributed by atoms with van der Waals surface area (Å²) in [5.41, 5.74) is 0.581. The van der Waals surface area contributed by atoms with Crippen LogP contribution >= 0.6 is 0 Å². The summed E-state index contributed by atoms with van der Waals surface area (Å²) in [7, 11) is 1.87. The Morgan fingerprint density at radius 1 is 1.25 bits per heavy atom. The minimum Gasteiger partial charge on any atom is -0.381 e. The highest BCUT2D eigenvalue weighted by atomic mass is 16.5. The normalized spacial score (nSPS) is 24.1. The summed E-state index contributed by atoms with van der Waals surface area (Å²) in [6.45, 7) is 4.98. The van der Waals surface area contributed by atoms with Crippen molar-refractivity contribution in [2.75, 3.05) is 38.7 Å². The maximum atomic E-state index is 12.8. The third-order valence-corrected chi connectivity index (χ3v) is 6.31. The third-order valence-electron chi connectivity index (χ3n) is 6.31. The number of likely N-dealkylation sites (N-methyl/N-ethyl adjacent to an activating group) is 1. The van der Waals surface area contributed by atoms with E-state index in [9.17, 15) is 9.59 Å². The van der Waals surface area contributed by atoms with Crippen molar-refractivity contribution in [1.82, 2.24) is 14.8 Å². The van der Waals surface area contributed by atoms with Gasteiger partial charge in [-0.25, -0.2) is 4.98 Å². The van der Waals surface area contributed by atoms with Crippen LogP contribution in [-0.2, 0) is 9.53 Å². The minimum absolute atomic E-state index is 0.00824. The van der Waals surface area contributed by atoms with Crippen LogP contribution in [0.5, 0.6) is 0 Å². The first-order valence-electron chi connectivity index (χ1n) is 10.3. The van der Waals surface area contributed by atoms with Crippen molar-refractivity contribution in [1.29, 1.82) is 0 Å². The molecule has 0 bridgehead atoms. The van der Waals surface area contributed by atoms with Gasteiger partial charge < -0.3 is 19.9 Å². The predicted octanol–water partition coefficient (Wildman–Crippen LogP) is 2.15. The quantitative estimate of drug-likeness (QED) is 0.839. The third kappa shape index (κ3) is 4.14. The molecule has 7 heteroatoms. The van der Waals surface area contributed by atoms with Gasteiger partial charge in [-0.3, -0.25) is 9.59 Å². The Labute approximate surface area is 166 Å². The van der Waals surface area contributed by atoms with Crippen molar-refractivity contribution < 1.29 is 14.3 Å². The van der Waals surface area contributed by atoms with Gasteiger partial charge in [0.05, 0.1) is 11.6 Å². The Morgan fingerprint density at radius 3 is 2.64 bits per heavy atom. The maximum absolute atomic E-state index is 12.8. The van der Waals surface area contributed by atoms with Gasteiger partial charge in [-0.1, -0.05) is 0 Å². The van der Waals surface area contributed by atoms with Crippen molar-refractivity contribution in [3.63, 3.8) is 0 Å². The molecule has 3 aliphatic rings. The van der Waals surface area contributed by atoms with Gasteiger partial charge in [-0.15, -0.1) is 0 Å². The van der Waals surface area contributed by atoms with E-state index in [1.54, 1.807) is 6.20 Å². The van der Waals surface area contributed by atoms with Gasteiger partial charge >= 0.3 is 0 Å². The highest BCUT2D eigenvalue weighted by Crippen LogP contribution is 2.32. The molecule has 152 valence electrons. The van der Waals surface area contributed by atoms with Crippen LogP contribution in [0, 0.1) is 5.92 Å². The zero-order chi connectivity index (χ0) is 19.7. The van der Waals surface area contributed by atoms with Crippen molar-refractivity contribution in [3.8, 4) is 0 Å². The monoisotopic (exact) mass is 386 g/mol. The van der Waals surface area contributed by atoms with Crippen LogP contribution in [0.2, 0.25) is 0 Å². The van der Waals surface area contributed by atoms with Crippen LogP contribution < -0.4 is 5.32 Å². The number of carbonyl (C=O) groups is 2. The Balaban J connectivity index is 1.34. The van der Waals surface area contributed by atoms with E-state index in [-0.39, 0.29) is 29.3 Å². The molecule has 3 heterocycles. The van der Waals surface area contributed by atoms with Crippen LogP contribution in [0.25, 0.3) is 0 Å². The smallest absolute Gasteiger partial charge is 0.255 e. The number of ether oxygens (including phenoxy) is 1. The van der Waals surface area contributed by atoms with E-state index in [4.69, 9.17) is 4.74 Å². The molecule has 0 spiro atoms. The molecule has 0 aromatic carbocycles. The Hall–Kier alpha value is -2.15. The number of nitrogens with one attached hydrogen (secondary N) is 1. The van der Waals surface area contributed by atoms with Crippen LogP contribution in [0.15, 0.2) is 18.3 Å². The van der Waals surface area contributed by atoms with E-state index in [1.165, 1.54) is 0 Å². The molecule has 1 atom stereocenters. The molecule has 2 saturated heterocycles. The molecule has 1 N–H and O–H groups in total. The fourth-order valence-corrected chi connectivity index (χ4v) is 4.07. The van der Waals surface area contributed by atoms with E-state index in [2.05, 4.69) is 17.2 Å². The summed E-state index contributed by atoms with van der Waals surface area (Å²) in [5, 5.41) is 3.48. The Kier molecular flexibility index (Phi) is 5.27. The zero-order valence-electron chi connectivity index (χ0n) is 16.8. The molecule has 7 nitrogen and oxygen atoms in total. The summed E-state index contributed by atoms with van der Waals surface area (Å²) in [6, 6.07) is 3.84. The molecule has 3 fully saturated rings. The fourth-order valence-electron chi connectivity index (χ4n) is 4.07. The number of hydrogen-bond donors (Lipinski definition) is 1. The summed E-state index contributed by atoms with van der Waals surface area (Å²) >= 11 is 0. The second kappa shape index (κ2) is 7.70. The topological polar surface area (TPSA) is 74.8 Å². The first-order valence-corrected chi connectivity index (χ1v) is 10.3. The average Bonchev–Trinajstić information content (AvgIpc) is 3.43. The summed E-state index contributed by atoms with van der Waals surface area (Å²) in [6.07, 6.45) is 6.40. The number of nitrogens with zero attached hydrogens (tertiary/aromatic N) is 3. The largest absolute Gasteiger partial charge is 0.381 e. The van der Waals surface area contributed by atoms with Crippen LogP contribution in [0.3, 0.4) is 0 Å². The lowest BCUT2D eigenvalue weighted by Crippen LogP contribution is -2.41. The lowest BCUT2D eigenvalue weighted by Gasteiger charge is -2.34. The molecule has 1 aromatic heterocycles. The molecular formula is C21H30N4O3. The maximum Gasteiger partial charge on any atom is 0.255 e. The summed E-state index contributed by atoms with van der Waals surface area (Å²) < 4.78 is 5.43. The van der Waals surface area contributed by atoms with Gasteiger partial charge in [-0.05, 0) is 51.2 Å². The van der Waals surface area contributed by atoms with Crippen molar-refractivity contribution in [2.45, 2.75) is 50.6 Å². The molecule has 1 aliphatic carbocycles. The molecule has 1 saturated carbocycles. The predicted molar refractivity (Wildman–Crippen MR) is 106 cm³/mol. The van der Waals surface area contributed by atoms with Gasteiger partial charge in [0.25, 0.3) is 5.91 Å². The highest BCUT2D eigenvalue weighted by Gasteiger charge is 2.37. The second-order valence-electron chi connectivity index (χ2n) is 8.65. The van der Waals surface area contributed by atoms with E-state index >= 15 is 0 Å². The number of pyridine rings is 1. The number of rotatable bonds is 5. The van der Waals surface area contributed by atoms with Crippen LogP contribution in [0.1, 0.15) is 49.4 Å². The van der Waals surface area contributed by atoms with Gasteiger partial charge in [0, 0.05) is 51.0 Å². The van der Waals surface area contributed by atoms with Gasteiger partial charge in [0.2, 0.25) is 5.91 Å². The SMILES string of the molecule is CN(C(=O)C1CC1)[C@H]1CCN(C(=O)c2ccc(NC3(C)CCOCC3)nc2)C1. The van der Waals surface area contributed by atoms with E-state index in [1.807, 2.05) is 29.0 Å². The molecule has 28 heavy (non-hydrogen) atoms. The van der Waals surface area contributed by atoms with Crippen molar-refractivity contribution in [2.24, 2.45) is 5.92 Å². The molecule has 0 unspecified atom stereocenters. The number of likely N-dealkylation sites (tertiary alicyclic amines) is 1. The second-order valence-corrected chi connectivity index (χ2v) is 8.65. The molecule has 0 radical (unpaired) electrons. The van der Waals surface area contributed by atoms with Gasteiger partial charge in [0.1, 0.15) is 5.82 Å². The minimum atomic E-state index is -0.0162. The lowest BCUT2D eigenvalue weighted by molar-refractivity contribution is -0.133. The molecule has 4 rings (SSSR count). The van der Waals surface area contributed by atoms with Crippen molar-refractivity contribution >= 4 is 17.6 Å². The zero-order valence-corrected chi connectivity index (χ0v) is 16.8. The molecule has 2 aliphatic heterocycles. The van der Waals surface area contributed by atoms with Gasteiger partial charge in [-0.2, -0.15) is 0 Å². The first-order chi connectivity index (χ1) is 13.5. The number of hydrogen-bond acceptors (Lipinski definition) is 5. The lowest BCUT2D eigenvalue weighted by atomic mass is 9.92. The molecule has 1 aromatic rings. The van der Waals surface area contributed by atoms with Crippen molar-refractivity contribution in [3.05, 3.63) is 23.9 Å². The van der Waals surface area contributed by atoms with E-state index < -0.39 is 0 Å². The summed E-state index contributed by atoms with van der Waals surface area (Å²) in [5.74, 6) is 1.23. The Bertz CT molecular complexity index is 726. The average molecular weight is 386 g/mol. The Morgan fingerprint density at radius 2 is 2.00 bits per heavy atom.